The Morgan fingerprint density at radius 1 is 1.03 bits per heavy atom. The lowest BCUT2D eigenvalue weighted by Gasteiger charge is -2.29. The summed E-state index contributed by atoms with van der Waals surface area (Å²) in [6, 6.07) is 17.1. The second-order valence-corrected chi connectivity index (χ2v) is 9.35. The molecule has 9 heteroatoms. The smallest absolute Gasteiger partial charge is 0.270 e. The largest absolute Gasteiger partial charge is 0.490 e. The third-order valence-corrected chi connectivity index (χ3v) is 6.68. The molecule has 1 aliphatic rings. The molecule has 37 heavy (non-hydrogen) atoms. The van der Waals surface area contributed by atoms with Crippen molar-refractivity contribution in [2.75, 3.05) is 11.5 Å². The lowest BCUT2D eigenvalue weighted by molar-refractivity contribution is -0.122. The second kappa shape index (κ2) is 11.7. The van der Waals surface area contributed by atoms with Gasteiger partial charge in [-0.25, -0.2) is 4.39 Å². The summed E-state index contributed by atoms with van der Waals surface area (Å²) in [5.74, 6) is -0.726. The van der Waals surface area contributed by atoms with E-state index in [1.54, 1.807) is 42.5 Å². The number of hydrogen-bond donors (Lipinski definition) is 1. The van der Waals surface area contributed by atoms with Crippen molar-refractivity contribution >= 4 is 56.8 Å². The zero-order valence-corrected chi connectivity index (χ0v) is 22.6. The van der Waals surface area contributed by atoms with Crippen LogP contribution in [0, 0.1) is 5.82 Å². The van der Waals surface area contributed by atoms with Gasteiger partial charge in [0.1, 0.15) is 18.0 Å². The first-order chi connectivity index (χ1) is 17.8. The highest BCUT2D eigenvalue weighted by Gasteiger charge is 2.34. The number of aryl methyl sites for hydroxylation is 1. The van der Waals surface area contributed by atoms with Gasteiger partial charge in [0.15, 0.2) is 16.6 Å². The summed E-state index contributed by atoms with van der Waals surface area (Å²) in [4.78, 5) is 27.4. The fourth-order valence-corrected chi connectivity index (χ4v) is 4.46. The highest BCUT2D eigenvalue weighted by atomic mass is 79.9. The van der Waals surface area contributed by atoms with Crippen LogP contribution in [-0.4, -0.2) is 23.5 Å². The lowest BCUT2D eigenvalue weighted by atomic mass is 10.1. The van der Waals surface area contributed by atoms with E-state index in [0.29, 0.717) is 39.4 Å². The maximum atomic E-state index is 14.0. The first-order valence-corrected chi connectivity index (χ1v) is 12.9. The van der Waals surface area contributed by atoms with Crippen LogP contribution >= 0.6 is 28.1 Å². The lowest BCUT2D eigenvalue weighted by Crippen LogP contribution is -2.54. The molecule has 0 bridgehead atoms. The molecule has 0 radical (unpaired) electrons. The highest BCUT2D eigenvalue weighted by Crippen LogP contribution is 2.36. The van der Waals surface area contributed by atoms with Crippen molar-refractivity contribution in [1.29, 1.82) is 0 Å². The normalized spacial score (nSPS) is 14.6. The van der Waals surface area contributed by atoms with Crippen molar-refractivity contribution in [2.24, 2.45) is 0 Å². The van der Waals surface area contributed by atoms with Crippen molar-refractivity contribution in [3.8, 4) is 11.5 Å². The topological polar surface area (TPSA) is 67.9 Å². The van der Waals surface area contributed by atoms with E-state index in [-0.39, 0.29) is 23.1 Å². The molecule has 1 fully saturated rings. The van der Waals surface area contributed by atoms with E-state index in [9.17, 15) is 14.0 Å². The number of rotatable bonds is 8. The molecule has 190 valence electrons. The summed E-state index contributed by atoms with van der Waals surface area (Å²) < 4.78 is 26.2. The van der Waals surface area contributed by atoms with E-state index in [1.807, 2.05) is 26.0 Å². The van der Waals surface area contributed by atoms with E-state index in [0.717, 1.165) is 12.0 Å². The molecule has 0 unspecified atom stereocenters. The molecular formula is C28H24BrFN2O4S. The average Bonchev–Trinajstić information content (AvgIpc) is 2.88. The highest BCUT2D eigenvalue weighted by molar-refractivity contribution is 9.10. The average molecular weight is 583 g/mol. The summed E-state index contributed by atoms with van der Waals surface area (Å²) in [5.41, 5.74) is 2.51. The maximum Gasteiger partial charge on any atom is 0.270 e. The summed E-state index contributed by atoms with van der Waals surface area (Å²) in [6.07, 6.45) is 2.33. The molecule has 0 saturated carbocycles. The van der Waals surface area contributed by atoms with E-state index in [1.165, 1.54) is 17.0 Å². The van der Waals surface area contributed by atoms with Gasteiger partial charge in [0, 0.05) is 10.0 Å². The third kappa shape index (κ3) is 5.89. The molecule has 3 aromatic rings. The molecule has 1 N–H and O–H groups in total. The molecule has 0 aliphatic carbocycles. The summed E-state index contributed by atoms with van der Waals surface area (Å²) in [5, 5.41) is 2.61. The molecule has 2 amide bonds. The number of nitrogens with zero attached hydrogens (tertiary/aromatic N) is 1. The molecule has 3 aromatic carbocycles. The van der Waals surface area contributed by atoms with Crippen molar-refractivity contribution in [1.82, 2.24) is 5.32 Å². The molecule has 1 heterocycles. The number of amides is 2. The van der Waals surface area contributed by atoms with Crippen LogP contribution in [0.3, 0.4) is 0 Å². The molecule has 0 atom stereocenters. The number of ether oxygens (including phenoxy) is 2. The number of benzene rings is 3. The number of thiocarbonyl (C=S) groups is 1. The first kappa shape index (κ1) is 26.5. The predicted molar refractivity (Wildman–Crippen MR) is 148 cm³/mol. The van der Waals surface area contributed by atoms with E-state index in [4.69, 9.17) is 21.7 Å². The van der Waals surface area contributed by atoms with E-state index >= 15 is 0 Å². The van der Waals surface area contributed by atoms with Gasteiger partial charge in [-0.2, -0.15) is 0 Å². The van der Waals surface area contributed by atoms with Crippen LogP contribution in [0.15, 0.2) is 70.7 Å². The second-order valence-electron chi connectivity index (χ2n) is 8.11. The van der Waals surface area contributed by atoms with Crippen LogP contribution in [0.5, 0.6) is 11.5 Å². The van der Waals surface area contributed by atoms with Gasteiger partial charge in [-0.05, 0) is 73.1 Å². The fraction of sp³-hybridized carbons (Fsp3) is 0.179. The van der Waals surface area contributed by atoms with Crippen molar-refractivity contribution in [3.63, 3.8) is 0 Å². The third-order valence-electron chi connectivity index (χ3n) is 5.71. The first-order valence-electron chi connectivity index (χ1n) is 11.6. The number of nitrogens with one attached hydrogen (secondary N) is 1. The van der Waals surface area contributed by atoms with Gasteiger partial charge >= 0.3 is 0 Å². The van der Waals surface area contributed by atoms with Crippen LogP contribution in [-0.2, 0) is 22.6 Å². The van der Waals surface area contributed by atoms with Crippen molar-refractivity contribution in [2.45, 2.75) is 26.9 Å². The van der Waals surface area contributed by atoms with Gasteiger partial charge in [-0.15, -0.1) is 0 Å². The Balaban J connectivity index is 1.66. The molecule has 0 aromatic heterocycles. The van der Waals surface area contributed by atoms with Crippen molar-refractivity contribution in [3.05, 3.63) is 93.2 Å². The number of carbonyl (C=O) groups is 2. The minimum Gasteiger partial charge on any atom is -0.490 e. The summed E-state index contributed by atoms with van der Waals surface area (Å²) in [7, 11) is 0. The van der Waals surface area contributed by atoms with Crippen LogP contribution in [0.4, 0.5) is 10.1 Å². The minimum atomic E-state index is -0.596. The zero-order chi connectivity index (χ0) is 26.5. The van der Waals surface area contributed by atoms with Gasteiger partial charge < -0.3 is 9.47 Å². The molecule has 1 aliphatic heterocycles. The van der Waals surface area contributed by atoms with Gasteiger partial charge in [0.05, 0.1) is 12.3 Å². The Labute approximate surface area is 228 Å². The van der Waals surface area contributed by atoms with E-state index in [2.05, 4.69) is 21.2 Å². The minimum absolute atomic E-state index is 0.00371. The maximum absolute atomic E-state index is 14.0. The van der Waals surface area contributed by atoms with Gasteiger partial charge in [0.25, 0.3) is 11.8 Å². The Morgan fingerprint density at radius 3 is 2.41 bits per heavy atom. The zero-order valence-electron chi connectivity index (χ0n) is 20.2. The van der Waals surface area contributed by atoms with E-state index < -0.39 is 11.8 Å². The Morgan fingerprint density at radius 2 is 1.73 bits per heavy atom. The van der Waals surface area contributed by atoms with Crippen LogP contribution in [0.25, 0.3) is 6.08 Å². The van der Waals surface area contributed by atoms with Crippen molar-refractivity contribution < 1.29 is 23.5 Å². The number of halogens is 2. The predicted octanol–water partition coefficient (Wildman–Crippen LogP) is 5.96. The Kier molecular flexibility index (Phi) is 8.35. The summed E-state index contributed by atoms with van der Waals surface area (Å²) in [6.45, 7) is 4.21. The quantitative estimate of drug-likeness (QED) is 0.202. The standard InChI is InChI=1S/C28H24BrFN2O4S/c1-3-17-9-11-20(12-10-17)32-27(34)21(26(33)31-28(32)37)13-19-14-24(35-4-2)25(15-22(19)29)36-16-18-7-5-6-8-23(18)30/h5-15H,3-4,16H2,1-2H3,(H,31,33,37)/b21-13+. The van der Waals surface area contributed by atoms with Crippen LogP contribution < -0.4 is 19.7 Å². The van der Waals surface area contributed by atoms with Crippen LogP contribution in [0.2, 0.25) is 0 Å². The monoisotopic (exact) mass is 582 g/mol. The number of hydrogen-bond acceptors (Lipinski definition) is 5. The van der Waals surface area contributed by atoms with Crippen LogP contribution in [0.1, 0.15) is 30.5 Å². The molecule has 4 rings (SSSR count). The number of carbonyl (C=O) groups excluding carboxylic acids is 2. The fourth-order valence-electron chi connectivity index (χ4n) is 3.74. The Hall–Kier alpha value is -3.56. The SMILES string of the molecule is CCOc1cc(/C=C2\C(=O)NC(=S)N(c3ccc(CC)cc3)C2=O)c(Br)cc1OCc1ccccc1F. The molecule has 0 spiro atoms. The summed E-state index contributed by atoms with van der Waals surface area (Å²) >= 11 is 8.78. The van der Waals surface area contributed by atoms with Gasteiger partial charge in [-0.1, -0.05) is 53.2 Å². The molecular weight excluding hydrogens is 559 g/mol. The number of anilines is 1. The van der Waals surface area contributed by atoms with Gasteiger partial charge in [0.2, 0.25) is 0 Å². The molecule has 6 nitrogen and oxygen atoms in total. The molecule has 1 saturated heterocycles. The van der Waals surface area contributed by atoms with Gasteiger partial charge in [-0.3, -0.25) is 19.8 Å². The Bertz CT molecular complexity index is 1390.